The highest BCUT2D eigenvalue weighted by molar-refractivity contribution is 5.78. The van der Waals surface area contributed by atoms with E-state index < -0.39 is 0 Å². The van der Waals surface area contributed by atoms with Crippen molar-refractivity contribution in [2.45, 2.75) is 20.8 Å². The fraction of sp³-hybridized carbons (Fsp3) is 0.800. The maximum absolute atomic E-state index is 5.82. The van der Waals surface area contributed by atoms with Crippen LogP contribution >= 0.6 is 0 Å². The molecule has 3 N–H and O–H groups in total. The molecule has 1 saturated heterocycles. The van der Waals surface area contributed by atoms with Gasteiger partial charge in [0.1, 0.15) is 0 Å². The van der Waals surface area contributed by atoms with Gasteiger partial charge in [0, 0.05) is 45.8 Å². The lowest BCUT2D eigenvalue weighted by atomic mass is 10.1. The summed E-state index contributed by atoms with van der Waals surface area (Å²) in [6.45, 7) is 18.7. The quantitative estimate of drug-likeness (QED) is 0.410. The van der Waals surface area contributed by atoms with Crippen molar-refractivity contribution in [2.24, 2.45) is 16.6 Å². The smallest absolute Gasteiger partial charge is 0.188 e. The number of hydrogen-bond acceptors (Lipinski definition) is 3. The molecule has 5 nitrogen and oxygen atoms in total. The molecule has 1 rings (SSSR count). The minimum atomic E-state index is 0.524. The third-order valence-corrected chi connectivity index (χ3v) is 3.63. The number of nitrogens with one attached hydrogen (secondary N) is 1. The molecule has 0 aliphatic carbocycles. The lowest BCUT2D eigenvalue weighted by molar-refractivity contribution is 0.125. The van der Waals surface area contributed by atoms with E-state index in [4.69, 9.17) is 5.73 Å². The van der Waals surface area contributed by atoms with Crippen molar-refractivity contribution in [3.8, 4) is 0 Å². The minimum Gasteiger partial charge on any atom is -0.370 e. The molecule has 0 radical (unpaired) electrons. The van der Waals surface area contributed by atoms with Crippen molar-refractivity contribution in [2.75, 3.05) is 52.4 Å². The van der Waals surface area contributed by atoms with Gasteiger partial charge in [-0.1, -0.05) is 26.0 Å². The molecule has 0 aromatic rings. The predicted octanol–water partition coefficient (Wildman–Crippen LogP) is 0.740. The Morgan fingerprint density at radius 1 is 1.30 bits per heavy atom. The SMILES string of the molecule is C=C(C)CNC(N)=NCC(C)CN1CCN(CC)CC1. The molecular formula is C15H31N5. The van der Waals surface area contributed by atoms with Crippen LogP contribution in [0.5, 0.6) is 0 Å². The van der Waals surface area contributed by atoms with Crippen LogP contribution in [0.15, 0.2) is 17.1 Å². The van der Waals surface area contributed by atoms with Crippen molar-refractivity contribution >= 4 is 5.96 Å². The largest absolute Gasteiger partial charge is 0.370 e. The number of nitrogens with zero attached hydrogens (tertiary/aromatic N) is 3. The number of nitrogens with two attached hydrogens (primary N) is 1. The highest BCUT2D eigenvalue weighted by atomic mass is 15.3. The number of rotatable bonds is 7. The zero-order valence-corrected chi connectivity index (χ0v) is 13.4. The number of piperazine rings is 1. The normalized spacial score (nSPS) is 19.9. The Hall–Kier alpha value is -1.07. The summed E-state index contributed by atoms with van der Waals surface area (Å²) in [6.07, 6.45) is 0. The molecule has 0 amide bonds. The van der Waals surface area contributed by atoms with E-state index in [2.05, 4.69) is 40.5 Å². The van der Waals surface area contributed by atoms with Crippen LogP contribution < -0.4 is 11.1 Å². The zero-order valence-electron chi connectivity index (χ0n) is 13.4. The Kier molecular flexibility index (Phi) is 7.62. The van der Waals surface area contributed by atoms with Gasteiger partial charge in [-0.2, -0.15) is 0 Å². The van der Waals surface area contributed by atoms with Gasteiger partial charge in [-0.15, -0.1) is 0 Å². The Labute approximate surface area is 123 Å². The van der Waals surface area contributed by atoms with Crippen LogP contribution in [0.4, 0.5) is 0 Å². The average molecular weight is 281 g/mol. The monoisotopic (exact) mass is 281 g/mol. The minimum absolute atomic E-state index is 0.524. The maximum atomic E-state index is 5.82. The molecule has 0 aromatic carbocycles. The average Bonchev–Trinajstić information content (AvgIpc) is 2.43. The summed E-state index contributed by atoms with van der Waals surface area (Å²) in [4.78, 5) is 9.43. The van der Waals surface area contributed by atoms with Crippen molar-refractivity contribution in [3.05, 3.63) is 12.2 Å². The summed E-state index contributed by atoms with van der Waals surface area (Å²) >= 11 is 0. The summed E-state index contributed by atoms with van der Waals surface area (Å²) in [5, 5.41) is 3.06. The second kappa shape index (κ2) is 8.97. The Morgan fingerprint density at radius 3 is 2.45 bits per heavy atom. The maximum Gasteiger partial charge on any atom is 0.188 e. The standard InChI is InChI=1S/C15H31N5/c1-5-19-6-8-20(9-7-19)12-14(4)11-18-15(16)17-10-13(2)3/h14H,2,5-12H2,1,3-4H3,(H3,16,17,18). The molecule has 5 heteroatoms. The van der Waals surface area contributed by atoms with Crippen molar-refractivity contribution < 1.29 is 0 Å². The first-order chi connectivity index (χ1) is 9.51. The van der Waals surface area contributed by atoms with Crippen LogP contribution in [0.25, 0.3) is 0 Å². The van der Waals surface area contributed by atoms with Crippen LogP contribution in [-0.4, -0.2) is 68.1 Å². The van der Waals surface area contributed by atoms with Gasteiger partial charge in [-0.25, -0.2) is 0 Å². The van der Waals surface area contributed by atoms with Crippen molar-refractivity contribution in [1.82, 2.24) is 15.1 Å². The highest BCUT2D eigenvalue weighted by Gasteiger charge is 2.17. The second-order valence-corrected chi connectivity index (χ2v) is 5.88. The first-order valence-corrected chi connectivity index (χ1v) is 7.64. The molecule has 0 aromatic heterocycles. The molecule has 1 unspecified atom stereocenters. The second-order valence-electron chi connectivity index (χ2n) is 5.88. The number of guanidine groups is 1. The van der Waals surface area contributed by atoms with Crippen LogP contribution in [0, 0.1) is 5.92 Å². The molecule has 116 valence electrons. The summed E-state index contributed by atoms with van der Waals surface area (Å²) < 4.78 is 0. The first kappa shape index (κ1) is 17.0. The van der Waals surface area contributed by atoms with Gasteiger partial charge >= 0.3 is 0 Å². The van der Waals surface area contributed by atoms with Crippen molar-refractivity contribution in [1.29, 1.82) is 0 Å². The Morgan fingerprint density at radius 2 is 1.90 bits per heavy atom. The van der Waals surface area contributed by atoms with E-state index in [9.17, 15) is 0 Å². The fourth-order valence-electron chi connectivity index (χ4n) is 2.34. The molecule has 1 aliphatic rings. The lowest BCUT2D eigenvalue weighted by Gasteiger charge is -2.35. The summed E-state index contributed by atoms with van der Waals surface area (Å²) in [6, 6.07) is 0. The fourth-order valence-corrected chi connectivity index (χ4v) is 2.34. The van der Waals surface area contributed by atoms with Gasteiger partial charge in [-0.3, -0.25) is 4.99 Å². The summed E-state index contributed by atoms with van der Waals surface area (Å²) in [5.74, 6) is 1.06. The van der Waals surface area contributed by atoms with Crippen LogP contribution in [-0.2, 0) is 0 Å². The number of aliphatic imine (C=N–C) groups is 1. The highest BCUT2D eigenvalue weighted by Crippen LogP contribution is 2.05. The number of likely N-dealkylation sites (N-methyl/N-ethyl adjacent to an activating group) is 1. The topological polar surface area (TPSA) is 56.9 Å². The van der Waals surface area contributed by atoms with Crippen LogP contribution in [0.2, 0.25) is 0 Å². The molecule has 1 atom stereocenters. The van der Waals surface area contributed by atoms with Gasteiger partial charge in [-0.05, 0) is 19.4 Å². The number of hydrogen-bond donors (Lipinski definition) is 2. The molecule has 1 aliphatic heterocycles. The van der Waals surface area contributed by atoms with E-state index in [1.165, 1.54) is 32.7 Å². The van der Waals surface area contributed by atoms with E-state index in [1.807, 2.05) is 6.92 Å². The molecule has 0 spiro atoms. The van der Waals surface area contributed by atoms with Gasteiger partial charge in [0.25, 0.3) is 0 Å². The van der Waals surface area contributed by atoms with Gasteiger partial charge in [0.05, 0.1) is 0 Å². The molecule has 1 fully saturated rings. The molecule has 0 saturated carbocycles. The third kappa shape index (κ3) is 6.91. The summed E-state index contributed by atoms with van der Waals surface area (Å²) in [7, 11) is 0. The van der Waals surface area contributed by atoms with Crippen LogP contribution in [0.1, 0.15) is 20.8 Å². The first-order valence-electron chi connectivity index (χ1n) is 7.64. The van der Waals surface area contributed by atoms with Gasteiger partial charge < -0.3 is 20.9 Å². The third-order valence-electron chi connectivity index (χ3n) is 3.63. The van der Waals surface area contributed by atoms with E-state index in [-0.39, 0.29) is 0 Å². The molecule has 0 bridgehead atoms. The zero-order chi connectivity index (χ0) is 15.0. The van der Waals surface area contributed by atoms with E-state index >= 15 is 0 Å². The predicted molar refractivity (Wildman–Crippen MR) is 87.0 cm³/mol. The molecule has 20 heavy (non-hydrogen) atoms. The van der Waals surface area contributed by atoms with E-state index in [0.29, 0.717) is 18.4 Å². The van der Waals surface area contributed by atoms with E-state index in [0.717, 1.165) is 18.7 Å². The lowest BCUT2D eigenvalue weighted by Crippen LogP contribution is -2.47. The Bertz CT molecular complexity index is 318. The van der Waals surface area contributed by atoms with Gasteiger partial charge in [0.15, 0.2) is 5.96 Å². The summed E-state index contributed by atoms with van der Waals surface area (Å²) in [5.41, 5.74) is 6.88. The van der Waals surface area contributed by atoms with E-state index in [1.54, 1.807) is 0 Å². The molecule has 1 heterocycles. The van der Waals surface area contributed by atoms with Crippen molar-refractivity contribution in [3.63, 3.8) is 0 Å². The Balaban J connectivity index is 2.21. The molecular weight excluding hydrogens is 250 g/mol. The van der Waals surface area contributed by atoms with Gasteiger partial charge in [0.2, 0.25) is 0 Å². The van der Waals surface area contributed by atoms with Crippen LogP contribution in [0.3, 0.4) is 0 Å².